The van der Waals surface area contributed by atoms with E-state index in [1.165, 1.54) is 6.07 Å². The first-order chi connectivity index (χ1) is 12.2. The molecule has 4 atom stereocenters. The quantitative estimate of drug-likeness (QED) is 0.894. The van der Waals surface area contributed by atoms with Crippen molar-refractivity contribution in [1.82, 2.24) is 10.2 Å². The van der Waals surface area contributed by atoms with Crippen molar-refractivity contribution in [2.75, 3.05) is 6.54 Å². The van der Waals surface area contributed by atoms with Gasteiger partial charge in [0, 0.05) is 18.4 Å². The number of rotatable bonds is 3. The first-order valence-corrected chi connectivity index (χ1v) is 8.84. The summed E-state index contributed by atoms with van der Waals surface area (Å²) in [5.41, 5.74) is -0.157. The van der Waals surface area contributed by atoms with Crippen LogP contribution < -0.4 is 5.32 Å². The molecule has 5 nitrogen and oxygen atoms in total. The number of nitrogens with zero attached hydrogens (tertiary/aromatic N) is 1. The minimum Gasteiger partial charge on any atom is -0.444 e. The van der Waals surface area contributed by atoms with Crippen LogP contribution in [0.15, 0.2) is 24.3 Å². The lowest BCUT2D eigenvalue weighted by molar-refractivity contribution is -0.125. The summed E-state index contributed by atoms with van der Waals surface area (Å²) in [6.45, 7) is 4.99. The highest BCUT2D eigenvalue weighted by Crippen LogP contribution is 2.42. The van der Waals surface area contributed by atoms with E-state index in [4.69, 9.17) is 4.74 Å². The Morgan fingerprint density at radius 1 is 1.23 bits per heavy atom. The fourth-order valence-corrected chi connectivity index (χ4v) is 3.31. The molecular formula is C19H24F2N2O3. The van der Waals surface area contributed by atoms with Crippen LogP contribution in [-0.4, -0.2) is 47.3 Å². The maximum atomic E-state index is 13.8. The number of alkyl halides is 1. The van der Waals surface area contributed by atoms with Crippen molar-refractivity contribution in [1.29, 1.82) is 0 Å². The molecule has 0 aromatic heterocycles. The van der Waals surface area contributed by atoms with Gasteiger partial charge in [0.25, 0.3) is 0 Å². The van der Waals surface area contributed by atoms with E-state index in [9.17, 15) is 18.4 Å². The zero-order valence-electron chi connectivity index (χ0n) is 15.2. The second-order valence-corrected chi connectivity index (χ2v) is 7.96. The van der Waals surface area contributed by atoms with Gasteiger partial charge in [0.1, 0.15) is 23.6 Å². The molecule has 1 saturated carbocycles. The van der Waals surface area contributed by atoms with Gasteiger partial charge in [0.15, 0.2) is 0 Å². The molecule has 0 radical (unpaired) electrons. The first-order valence-electron chi connectivity index (χ1n) is 8.84. The van der Waals surface area contributed by atoms with Crippen LogP contribution in [0.5, 0.6) is 0 Å². The number of likely N-dealkylation sites (tertiary alicyclic amines) is 1. The lowest BCUT2D eigenvalue weighted by atomic mass is 10.1. The molecule has 2 amide bonds. The van der Waals surface area contributed by atoms with Crippen LogP contribution in [0, 0.1) is 5.82 Å². The summed E-state index contributed by atoms with van der Waals surface area (Å²) < 4.78 is 33.0. The van der Waals surface area contributed by atoms with E-state index in [0.717, 1.165) is 4.90 Å². The van der Waals surface area contributed by atoms with E-state index < -0.39 is 29.8 Å². The second-order valence-electron chi connectivity index (χ2n) is 7.96. The highest BCUT2D eigenvalue weighted by molar-refractivity contribution is 5.87. The summed E-state index contributed by atoms with van der Waals surface area (Å²) in [6, 6.07) is 5.37. The molecule has 1 aliphatic heterocycles. The van der Waals surface area contributed by atoms with Crippen molar-refractivity contribution < 1.29 is 23.1 Å². The van der Waals surface area contributed by atoms with Crippen LogP contribution in [0.25, 0.3) is 0 Å². The van der Waals surface area contributed by atoms with Gasteiger partial charge in [-0.25, -0.2) is 13.6 Å². The van der Waals surface area contributed by atoms with Crippen LogP contribution in [0.1, 0.15) is 45.1 Å². The number of amides is 2. The molecule has 1 aromatic rings. The smallest absolute Gasteiger partial charge is 0.411 e. The monoisotopic (exact) mass is 366 g/mol. The summed E-state index contributed by atoms with van der Waals surface area (Å²) in [7, 11) is 0. The normalized spacial score (nSPS) is 28.0. The Morgan fingerprint density at radius 3 is 2.58 bits per heavy atom. The van der Waals surface area contributed by atoms with Crippen LogP contribution >= 0.6 is 0 Å². The van der Waals surface area contributed by atoms with Crippen molar-refractivity contribution in [3.8, 4) is 0 Å². The van der Waals surface area contributed by atoms with Crippen molar-refractivity contribution in [3.63, 3.8) is 0 Å². The van der Waals surface area contributed by atoms with E-state index in [1.807, 2.05) is 0 Å². The average Bonchev–Trinajstić information content (AvgIpc) is 3.16. The van der Waals surface area contributed by atoms with E-state index >= 15 is 0 Å². The van der Waals surface area contributed by atoms with Crippen molar-refractivity contribution in [2.45, 2.75) is 63.4 Å². The number of ether oxygens (including phenoxy) is 1. The van der Waals surface area contributed by atoms with E-state index in [2.05, 4.69) is 5.32 Å². The summed E-state index contributed by atoms with van der Waals surface area (Å²) in [4.78, 5) is 26.0. The number of hydrogen-bond donors (Lipinski definition) is 1. The van der Waals surface area contributed by atoms with Crippen molar-refractivity contribution >= 4 is 12.0 Å². The van der Waals surface area contributed by atoms with E-state index in [1.54, 1.807) is 39.0 Å². The molecule has 2 fully saturated rings. The predicted octanol–water partition coefficient (Wildman–Crippen LogP) is 3.15. The number of hydrogen-bond acceptors (Lipinski definition) is 3. The molecule has 2 aliphatic rings. The zero-order chi connectivity index (χ0) is 19.1. The molecule has 1 aliphatic carbocycles. The second kappa shape index (κ2) is 6.85. The number of carbonyl (C=O) groups is 2. The summed E-state index contributed by atoms with van der Waals surface area (Å²) in [6.07, 6.45) is -1.38. The standard InChI is InChI=1S/C19H24F2N2O3/c1-19(2,3)26-18(25)23-10-11(20)8-16(23)17(24)22-15-9-13(15)12-6-4-5-7-14(12)21/h4-7,11,13,15-16H,8-10H2,1-3H3,(H,22,24)/t11-,13?,15?,16+/m1/s1. The van der Waals surface area contributed by atoms with Crippen molar-refractivity contribution in [2.24, 2.45) is 0 Å². The Labute approximate surface area is 151 Å². The van der Waals surface area contributed by atoms with Gasteiger partial charge >= 0.3 is 6.09 Å². The maximum Gasteiger partial charge on any atom is 0.411 e. The molecule has 1 saturated heterocycles. The molecule has 142 valence electrons. The molecule has 7 heteroatoms. The Morgan fingerprint density at radius 2 is 1.92 bits per heavy atom. The summed E-state index contributed by atoms with van der Waals surface area (Å²) in [5, 5.41) is 2.82. The minimum absolute atomic E-state index is 0.0534. The van der Waals surface area contributed by atoms with E-state index in [-0.39, 0.29) is 30.7 Å². The van der Waals surface area contributed by atoms with Crippen molar-refractivity contribution in [3.05, 3.63) is 35.6 Å². The maximum absolute atomic E-state index is 13.8. The van der Waals surface area contributed by atoms with Crippen LogP contribution in [0.2, 0.25) is 0 Å². The molecule has 1 aromatic carbocycles. The highest BCUT2D eigenvalue weighted by Gasteiger charge is 2.46. The van der Waals surface area contributed by atoms with Gasteiger partial charge in [0.05, 0.1) is 6.54 Å². The molecule has 2 unspecified atom stereocenters. The number of halogens is 2. The Bertz CT molecular complexity index is 704. The molecule has 3 rings (SSSR count). The Kier molecular flexibility index (Phi) is 4.90. The van der Waals surface area contributed by atoms with Gasteiger partial charge in [-0.15, -0.1) is 0 Å². The van der Waals surface area contributed by atoms with Crippen LogP contribution in [-0.2, 0) is 9.53 Å². The Balaban J connectivity index is 1.62. The SMILES string of the molecule is CC(C)(C)OC(=O)N1C[C@H](F)C[C@H]1C(=O)NC1CC1c1ccccc1F. The third kappa shape index (κ3) is 4.14. The lowest BCUT2D eigenvalue weighted by Crippen LogP contribution is -2.48. The largest absolute Gasteiger partial charge is 0.444 e. The number of benzene rings is 1. The van der Waals surface area contributed by atoms with Crippen LogP contribution in [0.4, 0.5) is 13.6 Å². The third-order valence-electron chi connectivity index (χ3n) is 4.60. The average molecular weight is 366 g/mol. The zero-order valence-corrected chi connectivity index (χ0v) is 15.2. The number of carbonyl (C=O) groups excluding carboxylic acids is 2. The summed E-state index contributed by atoms with van der Waals surface area (Å²) in [5.74, 6) is -0.799. The molecule has 1 heterocycles. The molecule has 0 spiro atoms. The first kappa shape index (κ1) is 18.6. The summed E-state index contributed by atoms with van der Waals surface area (Å²) >= 11 is 0. The van der Waals surface area contributed by atoms with Gasteiger partial charge in [-0.2, -0.15) is 0 Å². The molecule has 1 N–H and O–H groups in total. The minimum atomic E-state index is -1.26. The predicted molar refractivity (Wildman–Crippen MR) is 91.9 cm³/mol. The lowest BCUT2D eigenvalue weighted by Gasteiger charge is -2.27. The topological polar surface area (TPSA) is 58.6 Å². The van der Waals surface area contributed by atoms with Crippen LogP contribution in [0.3, 0.4) is 0 Å². The van der Waals surface area contributed by atoms with Gasteiger partial charge in [-0.3, -0.25) is 9.69 Å². The molecule has 0 bridgehead atoms. The van der Waals surface area contributed by atoms with E-state index in [0.29, 0.717) is 12.0 Å². The fourth-order valence-electron chi connectivity index (χ4n) is 3.31. The van der Waals surface area contributed by atoms with Gasteiger partial charge < -0.3 is 10.1 Å². The van der Waals surface area contributed by atoms with Gasteiger partial charge in [-0.1, -0.05) is 18.2 Å². The fraction of sp³-hybridized carbons (Fsp3) is 0.579. The highest BCUT2D eigenvalue weighted by atomic mass is 19.1. The molecular weight excluding hydrogens is 342 g/mol. The molecule has 26 heavy (non-hydrogen) atoms. The third-order valence-corrected chi connectivity index (χ3v) is 4.60. The number of nitrogens with one attached hydrogen (secondary N) is 1. The Hall–Kier alpha value is -2.18. The van der Waals surface area contributed by atoms with Gasteiger partial charge in [-0.05, 0) is 38.8 Å². The van der Waals surface area contributed by atoms with Gasteiger partial charge in [0.2, 0.25) is 5.91 Å².